The lowest BCUT2D eigenvalue weighted by atomic mass is 10.1. The first kappa shape index (κ1) is 20.3. The van der Waals surface area contributed by atoms with Gasteiger partial charge >= 0.3 is 0 Å². The zero-order valence-electron chi connectivity index (χ0n) is 17.4. The zero-order valence-corrected chi connectivity index (χ0v) is 17.4. The largest absolute Gasteiger partial charge is 0.497 e. The summed E-state index contributed by atoms with van der Waals surface area (Å²) in [6.45, 7) is 5.90. The standard InChI is InChI=1S/C24H28N4O2/c1-30-22-8-5-19(6-9-22)3-4-20-7-10-23-21(17-20)18-26-28(24(23)29)14-2-13-27-15-11-25-12-16-27/h3-10,17-18,25H,2,11-16H2,1H3. The quantitative estimate of drug-likeness (QED) is 0.614. The third kappa shape index (κ3) is 4.96. The summed E-state index contributed by atoms with van der Waals surface area (Å²) in [5.74, 6) is 0.841. The van der Waals surface area contributed by atoms with Gasteiger partial charge in [0, 0.05) is 44.7 Å². The molecular weight excluding hydrogens is 376 g/mol. The van der Waals surface area contributed by atoms with E-state index in [0.717, 1.165) is 61.4 Å². The van der Waals surface area contributed by atoms with Crippen LogP contribution in [0.15, 0.2) is 53.5 Å². The number of ether oxygens (including phenoxy) is 1. The summed E-state index contributed by atoms with van der Waals surface area (Å²) in [7, 11) is 1.66. The lowest BCUT2D eigenvalue weighted by Crippen LogP contribution is -2.44. The van der Waals surface area contributed by atoms with E-state index in [2.05, 4.69) is 15.3 Å². The van der Waals surface area contributed by atoms with Crippen LogP contribution in [0.3, 0.4) is 0 Å². The number of methoxy groups -OCH3 is 1. The van der Waals surface area contributed by atoms with Crippen LogP contribution in [0, 0.1) is 0 Å². The van der Waals surface area contributed by atoms with Gasteiger partial charge in [-0.25, -0.2) is 4.68 Å². The number of nitrogens with one attached hydrogen (secondary N) is 1. The molecule has 30 heavy (non-hydrogen) atoms. The fraction of sp³-hybridized carbons (Fsp3) is 0.333. The highest BCUT2D eigenvalue weighted by Crippen LogP contribution is 2.16. The average Bonchev–Trinajstić information content (AvgIpc) is 2.80. The van der Waals surface area contributed by atoms with Crippen LogP contribution in [0.1, 0.15) is 17.5 Å². The SMILES string of the molecule is COc1ccc(C=Cc2ccc3c(=O)n(CCCN4CCNCC4)ncc3c2)cc1. The van der Waals surface area contributed by atoms with Crippen molar-refractivity contribution < 1.29 is 4.74 Å². The molecule has 2 aromatic carbocycles. The molecule has 0 aliphatic carbocycles. The summed E-state index contributed by atoms with van der Waals surface area (Å²) in [4.78, 5) is 15.2. The van der Waals surface area contributed by atoms with Gasteiger partial charge < -0.3 is 15.0 Å². The van der Waals surface area contributed by atoms with Crippen LogP contribution in [-0.2, 0) is 6.54 Å². The van der Waals surface area contributed by atoms with Crippen molar-refractivity contribution in [2.24, 2.45) is 0 Å². The van der Waals surface area contributed by atoms with Crippen molar-refractivity contribution >= 4 is 22.9 Å². The van der Waals surface area contributed by atoms with E-state index in [1.165, 1.54) is 0 Å². The Labute approximate surface area is 176 Å². The summed E-state index contributed by atoms with van der Waals surface area (Å²) in [6.07, 6.45) is 6.82. The van der Waals surface area contributed by atoms with E-state index in [1.807, 2.05) is 54.6 Å². The Morgan fingerprint density at radius 3 is 2.53 bits per heavy atom. The Bertz CT molecular complexity index is 1070. The summed E-state index contributed by atoms with van der Waals surface area (Å²) in [6, 6.07) is 13.8. The predicted octanol–water partition coefficient (Wildman–Crippen LogP) is 2.87. The van der Waals surface area contributed by atoms with Gasteiger partial charge in [-0.1, -0.05) is 30.4 Å². The fourth-order valence-corrected chi connectivity index (χ4v) is 3.76. The molecule has 0 unspecified atom stereocenters. The molecule has 0 radical (unpaired) electrons. The summed E-state index contributed by atoms with van der Waals surface area (Å²) < 4.78 is 6.78. The van der Waals surface area contributed by atoms with Crippen molar-refractivity contribution in [1.29, 1.82) is 0 Å². The molecule has 1 fully saturated rings. The highest BCUT2D eigenvalue weighted by atomic mass is 16.5. The lowest BCUT2D eigenvalue weighted by Gasteiger charge is -2.27. The van der Waals surface area contributed by atoms with E-state index >= 15 is 0 Å². The normalized spacial score (nSPS) is 15.1. The Hall–Kier alpha value is -2.96. The van der Waals surface area contributed by atoms with Gasteiger partial charge in [0.05, 0.1) is 18.7 Å². The first-order chi connectivity index (χ1) is 14.7. The molecule has 6 heteroatoms. The van der Waals surface area contributed by atoms with Gasteiger partial charge in [0.2, 0.25) is 0 Å². The smallest absolute Gasteiger partial charge is 0.274 e. The number of aromatic nitrogens is 2. The van der Waals surface area contributed by atoms with Crippen LogP contribution < -0.4 is 15.6 Å². The fourth-order valence-electron chi connectivity index (χ4n) is 3.76. The van der Waals surface area contributed by atoms with Crippen molar-refractivity contribution in [1.82, 2.24) is 20.0 Å². The third-order valence-corrected chi connectivity index (χ3v) is 5.51. The first-order valence-corrected chi connectivity index (χ1v) is 10.5. The second-order valence-electron chi connectivity index (χ2n) is 7.57. The van der Waals surface area contributed by atoms with Gasteiger partial charge in [0.1, 0.15) is 5.75 Å². The predicted molar refractivity (Wildman–Crippen MR) is 122 cm³/mol. The molecule has 1 aliphatic rings. The second kappa shape index (κ2) is 9.69. The number of benzene rings is 2. The molecule has 6 nitrogen and oxygen atoms in total. The second-order valence-corrected chi connectivity index (χ2v) is 7.57. The van der Waals surface area contributed by atoms with Crippen molar-refractivity contribution in [2.45, 2.75) is 13.0 Å². The number of rotatable bonds is 7. The van der Waals surface area contributed by atoms with E-state index < -0.39 is 0 Å². The molecule has 1 N–H and O–H groups in total. The summed E-state index contributed by atoms with van der Waals surface area (Å²) in [5, 5.41) is 9.35. The highest BCUT2D eigenvalue weighted by molar-refractivity contribution is 5.84. The maximum absolute atomic E-state index is 12.8. The lowest BCUT2D eigenvalue weighted by molar-refractivity contribution is 0.233. The van der Waals surface area contributed by atoms with Gasteiger partial charge in [0.25, 0.3) is 5.56 Å². The number of nitrogens with zero attached hydrogens (tertiary/aromatic N) is 3. The minimum atomic E-state index is -0.0153. The van der Waals surface area contributed by atoms with Gasteiger partial charge in [-0.05, 0) is 41.8 Å². The van der Waals surface area contributed by atoms with E-state index in [0.29, 0.717) is 11.9 Å². The van der Waals surface area contributed by atoms with Crippen LogP contribution in [0.25, 0.3) is 22.9 Å². The average molecular weight is 405 g/mol. The molecule has 0 amide bonds. The van der Waals surface area contributed by atoms with Gasteiger partial charge in [-0.15, -0.1) is 0 Å². The molecule has 156 valence electrons. The Balaban J connectivity index is 1.43. The minimum Gasteiger partial charge on any atom is -0.497 e. The van der Waals surface area contributed by atoms with Crippen LogP contribution >= 0.6 is 0 Å². The van der Waals surface area contributed by atoms with E-state index in [4.69, 9.17) is 4.74 Å². The zero-order chi connectivity index (χ0) is 20.8. The van der Waals surface area contributed by atoms with Gasteiger partial charge in [-0.3, -0.25) is 4.79 Å². The maximum atomic E-state index is 12.8. The molecular formula is C24H28N4O2. The van der Waals surface area contributed by atoms with Crippen LogP contribution in [0.4, 0.5) is 0 Å². The monoisotopic (exact) mass is 404 g/mol. The molecule has 1 aromatic heterocycles. The molecule has 0 spiro atoms. The molecule has 0 atom stereocenters. The number of hydrogen-bond donors (Lipinski definition) is 1. The summed E-state index contributed by atoms with van der Waals surface area (Å²) >= 11 is 0. The van der Waals surface area contributed by atoms with Crippen LogP contribution in [-0.4, -0.2) is 54.5 Å². The van der Waals surface area contributed by atoms with Crippen molar-refractivity contribution in [3.63, 3.8) is 0 Å². The highest BCUT2D eigenvalue weighted by Gasteiger charge is 2.10. The van der Waals surface area contributed by atoms with E-state index in [-0.39, 0.29) is 5.56 Å². The Morgan fingerprint density at radius 2 is 1.77 bits per heavy atom. The molecule has 3 aromatic rings. The Morgan fingerprint density at radius 1 is 1.03 bits per heavy atom. The minimum absolute atomic E-state index is 0.0153. The Kier molecular flexibility index (Phi) is 6.57. The number of fused-ring (bicyclic) bond motifs is 1. The van der Waals surface area contributed by atoms with Crippen molar-refractivity contribution in [2.75, 3.05) is 39.8 Å². The molecule has 2 heterocycles. The molecule has 4 rings (SSSR count). The first-order valence-electron chi connectivity index (χ1n) is 10.5. The van der Waals surface area contributed by atoms with Gasteiger partial charge in [0.15, 0.2) is 0 Å². The van der Waals surface area contributed by atoms with Crippen molar-refractivity contribution in [3.8, 4) is 5.75 Å². The molecule has 0 bridgehead atoms. The molecule has 0 saturated carbocycles. The van der Waals surface area contributed by atoms with Crippen LogP contribution in [0.2, 0.25) is 0 Å². The maximum Gasteiger partial charge on any atom is 0.274 e. The third-order valence-electron chi connectivity index (χ3n) is 5.51. The topological polar surface area (TPSA) is 59.4 Å². The summed E-state index contributed by atoms with van der Waals surface area (Å²) in [5.41, 5.74) is 2.11. The number of aryl methyl sites for hydroxylation is 1. The molecule has 1 saturated heterocycles. The van der Waals surface area contributed by atoms with Gasteiger partial charge in [-0.2, -0.15) is 5.10 Å². The van der Waals surface area contributed by atoms with E-state index in [1.54, 1.807) is 18.0 Å². The number of hydrogen-bond acceptors (Lipinski definition) is 5. The number of piperazine rings is 1. The van der Waals surface area contributed by atoms with E-state index in [9.17, 15) is 4.79 Å². The molecule has 1 aliphatic heterocycles. The van der Waals surface area contributed by atoms with Crippen molar-refractivity contribution in [3.05, 3.63) is 70.1 Å². The van der Waals surface area contributed by atoms with Crippen LogP contribution in [0.5, 0.6) is 5.75 Å².